The maximum atomic E-state index is 12.8. The van der Waals surface area contributed by atoms with Crippen molar-refractivity contribution < 1.29 is 28.0 Å². The van der Waals surface area contributed by atoms with Crippen molar-refractivity contribution >= 4 is 17.3 Å². The summed E-state index contributed by atoms with van der Waals surface area (Å²) in [5, 5.41) is 20.7. The van der Waals surface area contributed by atoms with Gasteiger partial charge in [0.2, 0.25) is 0 Å². The molecule has 0 radical (unpaired) electrons. The summed E-state index contributed by atoms with van der Waals surface area (Å²) < 4.78 is 34.8. The molecule has 0 fully saturated rings. The standard InChI is InChI=1S/C25H20F2N4O5/c1-14-3-4-15(2)23(9-14)35-20-11-17(10-18(12-20)31(33)34)28-24(32)22-13-21(29-30-22)16-5-7-19(8-6-16)36-25(26)27/h3-13,25H,1-2H3,(H,28,32)(H,29,30). The number of non-ortho nitro benzene ring substituents is 1. The normalized spacial score (nSPS) is 10.8. The Morgan fingerprint density at radius 1 is 1.03 bits per heavy atom. The van der Waals surface area contributed by atoms with Gasteiger partial charge in [-0.25, -0.2) is 0 Å². The molecule has 1 aromatic heterocycles. The van der Waals surface area contributed by atoms with Gasteiger partial charge in [-0.05, 0) is 61.4 Å². The Hall–Kier alpha value is -4.80. The highest BCUT2D eigenvalue weighted by molar-refractivity contribution is 6.03. The zero-order chi connectivity index (χ0) is 25.8. The molecule has 0 spiro atoms. The fraction of sp³-hybridized carbons (Fsp3) is 0.120. The Balaban J connectivity index is 1.53. The van der Waals surface area contributed by atoms with Crippen LogP contribution in [0.1, 0.15) is 21.6 Å². The van der Waals surface area contributed by atoms with E-state index in [2.05, 4.69) is 20.3 Å². The number of aryl methyl sites for hydroxylation is 2. The number of nitrogens with one attached hydrogen (secondary N) is 2. The summed E-state index contributed by atoms with van der Waals surface area (Å²) in [7, 11) is 0. The van der Waals surface area contributed by atoms with Gasteiger partial charge in [-0.3, -0.25) is 20.0 Å². The second-order valence-electron chi connectivity index (χ2n) is 7.87. The van der Waals surface area contributed by atoms with Gasteiger partial charge in [0.25, 0.3) is 11.6 Å². The molecule has 4 aromatic rings. The van der Waals surface area contributed by atoms with Crippen molar-refractivity contribution in [1.29, 1.82) is 0 Å². The van der Waals surface area contributed by atoms with Crippen LogP contribution in [0.3, 0.4) is 0 Å². The lowest BCUT2D eigenvalue weighted by Crippen LogP contribution is -2.12. The lowest BCUT2D eigenvalue weighted by molar-refractivity contribution is -0.384. The number of nitrogens with zero attached hydrogens (tertiary/aromatic N) is 2. The third-order valence-electron chi connectivity index (χ3n) is 5.13. The number of carbonyl (C=O) groups is 1. The number of alkyl halides is 2. The molecule has 0 bridgehead atoms. The molecule has 4 rings (SSSR count). The SMILES string of the molecule is Cc1ccc(C)c(Oc2cc(NC(=O)c3cc(-c4ccc(OC(F)F)cc4)n[nH]3)cc([N+](=O)[O-])c2)c1. The van der Waals surface area contributed by atoms with Crippen LogP contribution in [0.5, 0.6) is 17.2 Å². The van der Waals surface area contributed by atoms with Crippen LogP contribution in [-0.2, 0) is 0 Å². The lowest BCUT2D eigenvalue weighted by atomic mass is 10.1. The number of aromatic amines is 1. The highest BCUT2D eigenvalue weighted by Gasteiger charge is 2.16. The van der Waals surface area contributed by atoms with Crippen molar-refractivity contribution in [3.63, 3.8) is 0 Å². The Labute approximate surface area is 203 Å². The topological polar surface area (TPSA) is 119 Å². The van der Waals surface area contributed by atoms with Crippen LogP contribution in [-0.4, -0.2) is 27.6 Å². The smallest absolute Gasteiger partial charge is 0.387 e. The number of benzene rings is 3. The molecule has 0 saturated heterocycles. The van der Waals surface area contributed by atoms with Crippen LogP contribution >= 0.6 is 0 Å². The fourth-order valence-corrected chi connectivity index (χ4v) is 3.36. The van der Waals surface area contributed by atoms with E-state index in [0.29, 0.717) is 17.0 Å². The molecular weight excluding hydrogens is 474 g/mol. The number of halogens is 2. The molecule has 1 amide bonds. The Bertz CT molecular complexity index is 1420. The molecule has 0 atom stereocenters. The van der Waals surface area contributed by atoms with Crippen LogP contribution in [0.25, 0.3) is 11.3 Å². The van der Waals surface area contributed by atoms with Gasteiger partial charge in [0.1, 0.15) is 22.9 Å². The van der Waals surface area contributed by atoms with Crippen molar-refractivity contribution in [3.8, 4) is 28.5 Å². The summed E-state index contributed by atoms with van der Waals surface area (Å²) in [5.74, 6) is 0.122. The van der Waals surface area contributed by atoms with E-state index < -0.39 is 17.4 Å². The van der Waals surface area contributed by atoms with E-state index in [4.69, 9.17) is 4.74 Å². The summed E-state index contributed by atoms with van der Waals surface area (Å²) >= 11 is 0. The van der Waals surface area contributed by atoms with E-state index in [9.17, 15) is 23.7 Å². The third kappa shape index (κ3) is 5.81. The second-order valence-corrected chi connectivity index (χ2v) is 7.87. The molecule has 184 valence electrons. The van der Waals surface area contributed by atoms with E-state index in [1.165, 1.54) is 48.5 Å². The molecule has 11 heteroatoms. The zero-order valence-electron chi connectivity index (χ0n) is 19.1. The molecule has 0 aliphatic rings. The molecule has 1 heterocycles. The molecule has 0 unspecified atom stereocenters. The lowest BCUT2D eigenvalue weighted by Gasteiger charge is -2.11. The summed E-state index contributed by atoms with van der Waals surface area (Å²) in [4.78, 5) is 23.7. The molecule has 0 saturated carbocycles. The van der Waals surface area contributed by atoms with Gasteiger partial charge in [-0.15, -0.1) is 0 Å². The summed E-state index contributed by atoms with van der Waals surface area (Å²) in [5.41, 5.74) is 2.73. The van der Waals surface area contributed by atoms with Crippen molar-refractivity contribution in [2.75, 3.05) is 5.32 Å². The Morgan fingerprint density at radius 3 is 2.47 bits per heavy atom. The molecule has 2 N–H and O–H groups in total. The summed E-state index contributed by atoms with van der Waals surface area (Å²) in [6.45, 7) is 0.816. The van der Waals surface area contributed by atoms with Crippen LogP contribution in [0.4, 0.5) is 20.2 Å². The predicted molar refractivity (Wildman–Crippen MR) is 128 cm³/mol. The molecule has 0 aliphatic heterocycles. The minimum atomic E-state index is -2.93. The number of carbonyl (C=O) groups excluding carboxylic acids is 1. The Kier molecular flexibility index (Phi) is 6.91. The van der Waals surface area contributed by atoms with Crippen molar-refractivity contribution in [2.45, 2.75) is 20.5 Å². The number of H-pyrrole nitrogens is 1. The van der Waals surface area contributed by atoms with E-state index >= 15 is 0 Å². The maximum absolute atomic E-state index is 12.8. The molecule has 9 nitrogen and oxygen atoms in total. The van der Waals surface area contributed by atoms with E-state index in [0.717, 1.165) is 11.1 Å². The van der Waals surface area contributed by atoms with Gasteiger partial charge in [-0.1, -0.05) is 12.1 Å². The number of aromatic nitrogens is 2. The second kappa shape index (κ2) is 10.2. The number of nitro groups is 1. The number of hydrogen-bond acceptors (Lipinski definition) is 6. The van der Waals surface area contributed by atoms with E-state index in [1.807, 2.05) is 32.0 Å². The highest BCUT2D eigenvalue weighted by Crippen LogP contribution is 2.32. The van der Waals surface area contributed by atoms with Gasteiger partial charge >= 0.3 is 6.61 Å². The van der Waals surface area contributed by atoms with Crippen LogP contribution in [0.2, 0.25) is 0 Å². The third-order valence-corrected chi connectivity index (χ3v) is 5.13. The van der Waals surface area contributed by atoms with Crippen molar-refractivity contribution in [2.24, 2.45) is 0 Å². The maximum Gasteiger partial charge on any atom is 0.387 e. The number of rotatable bonds is 8. The van der Waals surface area contributed by atoms with E-state index in [1.54, 1.807) is 0 Å². The molecule has 3 aromatic carbocycles. The van der Waals surface area contributed by atoms with Crippen molar-refractivity contribution in [3.05, 3.63) is 93.7 Å². The first-order chi connectivity index (χ1) is 17.2. The monoisotopic (exact) mass is 494 g/mol. The van der Waals surface area contributed by atoms with Gasteiger partial charge in [0.05, 0.1) is 22.4 Å². The summed E-state index contributed by atoms with van der Waals surface area (Å²) in [6, 6.07) is 16.8. The van der Waals surface area contributed by atoms with Crippen LogP contribution in [0, 0.1) is 24.0 Å². The first-order valence-electron chi connectivity index (χ1n) is 10.6. The average molecular weight is 494 g/mol. The summed E-state index contributed by atoms with van der Waals surface area (Å²) in [6.07, 6.45) is 0. The quantitative estimate of drug-likeness (QED) is 0.221. The zero-order valence-corrected chi connectivity index (χ0v) is 19.1. The highest BCUT2D eigenvalue weighted by atomic mass is 19.3. The first kappa shape index (κ1) is 24.3. The largest absolute Gasteiger partial charge is 0.457 e. The molecule has 0 aliphatic carbocycles. The number of amides is 1. The number of nitro benzene ring substituents is 1. The number of anilines is 1. The van der Waals surface area contributed by atoms with Crippen molar-refractivity contribution in [1.82, 2.24) is 10.2 Å². The Morgan fingerprint density at radius 2 is 1.78 bits per heavy atom. The average Bonchev–Trinajstić information content (AvgIpc) is 3.32. The minimum absolute atomic E-state index is 0.00759. The molecule has 36 heavy (non-hydrogen) atoms. The molecular formula is C25H20F2N4O5. The minimum Gasteiger partial charge on any atom is -0.457 e. The predicted octanol–water partition coefficient (Wildman–Crippen LogP) is 6.25. The number of ether oxygens (including phenoxy) is 2. The van der Waals surface area contributed by atoms with Gasteiger partial charge in [0, 0.05) is 17.7 Å². The van der Waals surface area contributed by atoms with Gasteiger partial charge < -0.3 is 14.8 Å². The van der Waals surface area contributed by atoms with E-state index in [-0.39, 0.29) is 28.6 Å². The van der Waals surface area contributed by atoms with Gasteiger partial charge in [-0.2, -0.15) is 13.9 Å². The number of hydrogen-bond donors (Lipinski definition) is 2. The fourth-order valence-electron chi connectivity index (χ4n) is 3.36. The van der Waals surface area contributed by atoms with Gasteiger partial charge in [0.15, 0.2) is 0 Å². The first-order valence-corrected chi connectivity index (χ1v) is 10.6. The van der Waals surface area contributed by atoms with Crippen LogP contribution in [0.15, 0.2) is 66.7 Å². The van der Waals surface area contributed by atoms with Crippen LogP contribution < -0.4 is 14.8 Å².